The standard InChI is InChI=1S/C22H24N2O2/c1-26-16-10-11-18-17(14-16)22(21-19(24-18)8-5-9-20(21)25)23-13-12-15-6-3-2-4-7-15/h2-4,6-7,10-11,14,20,25H,5,8-9,12-13H2,1H3,(H,23,24). The normalized spacial score (nSPS) is 16.3. The van der Waals surface area contributed by atoms with Gasteiger partial charge in [-0.05, 0) is 49.4 Å². The van der Waals surface area contributed by atoms with Gasteiger partial charge in [0, 0.05) is 23.2 Å². The molecule has 0 amide bonds. The van der Waals surface area contributed by atoms with E-state index in [2.05, 4.69) is 29.6 Å². The van der Waals surface area contributed by atoms with Crippen molar-refractivity contribution in [2.24, 2.45) is 0 Å². The number of rotatable bonds is 5. The van der Waals surface area contributed by atoms with Crippen molar-refractivity contribution in [3.8, 4) is 5.75 Å². The zero-order chi connectivity index (χ0) is 17.9. The first-order chi connectivity index (χ1) is 12.8. The van der Waals surface area contributed by atoms with E-state index in [1.807, 2.05) is 24.3 Å². The lowest BCUT2D eigenvalue weighted by atomic mass is 9.90. The molecule has 4 heteroatoms. The summed E-state index contributed by atoms with van der Waals surface area (Å²) in [5.41, 5.74) is 5.23. The van der Waals surface area contributed by atoms with Crippen LogP contribution >= 0.6 is 0 Å². The summed E-state index contributed by atoms with van der Waals surface area (Å²) in [7, 11) is 1.67. The van der Waals surface area contributed by atoms with E-state index in [4.69, 9.17) is 9.72 Å². The monoisotopic (exact) mass is 348 g/mol. The second-order valence-electron chi connectivity index (χ2n) is 6.80. The summed E-state index contributed by atoms with van der Waals surface area (Å²) in [5.74, 6) is 0.802. The molecule has 1 atom stereocenters. The molecular formula is C22H24N2O2. The Morgan fingerprint density at radius 1 is 1.19 bits per heavy atom. The van der Waals surface area contributed by atoms with E-state index in [1.165, 1.54) is 5.56 Å². The van der Waals surface area contributed by atoms with Crippen LogP contribution in [-0.2, 0) is 12.8 Å². The highest BCUT2D eigenvalue weighted by molar-refractivity contribution is 5.94. The molecule has 1 unspecified atom stereocenters. The summed E-state index contributed by atoms with van der Waals surface area (Å²) in [5, 5.41) is 15.2. The summed E-state index contributed by atoms with van der Waals surface area (Å²) in [4.78, 5) is 4.81. The minimum Gasteiger partial charge on any atom is -0.497 e. The number of fused-ring (bicyclic) bond motifs is 2. The number of nitrogens with one attached hydrogen (secondary N) is 1. The number of aliphatic hydroxyl groups excluding tert-OH is 1. The first kappa shape index (κ1) is 16.9. The van der Waals surface area contributed by atoms with Gasteiger partial charge in [0.1, 0.15) is 5.75 Å². The van der Waals surface area contributed by atoms with Crippen molar-refractivity contribution in [2.45, 2.75) is 31.8 Å². The molecule has 4 rings (SSSR count). The molecule has 0 radical (unpaired) electrons. The average molecular weight is 348 g/mol. The average Bonchev–Trinajstić information content (AvgIpc) is 2.68. The fourth-order valence-electron chi connectivity index (χ4n) is 3.76. The summed E-state index contributed by atoms with van der Waals surface area (Å²) in [6.07, 6.45) is 3.16. The molecule has 0 fully saturated rings. The molecule has 134 valence electrons. The van der Waals surface area contributed by atoms with Crippen LogP contribution in [0.5, 0.6) is 5.75 Å². The number of nitrogens with zero attached hydrogens (tertiary/aromatic N) is 1. The minimum absolute atomic E-state index is 0.457. The zero-order valence-electron chi connectivity index (χ0n) is 15.0. The van der Waals surface area contributed by atoms with Gasteiger partial charge in [0.15, 0.2) is 0 Å². The lowest BCUT2D eigenvalue weighted by Gasteiger charge is -2.26. The number of aliphatic hydroxyl groups is 1. The smallest absolute Gasteiger partial charge is 0.119 e. The highest BCUT2D eigenvalue weighted by Gasteiger charge is 2.25. The third-order valence-electron chi connectivity index (χ3n) is 5.09. The molecule has 2 N–H and O–H groups in total. The molecule has 2 aromatic carbocycles. The topological polar surface area (TPSA) is 54.4 Å². The Hall–Kier alpha value is -2.59. The van der Waals surface area contributed by atoms with Crippen molar-refractivity contribution in [1.29, 1.82) is 0 Å². The Labute approximate surface area is 153 Å². The van der Waals surface area contributed by atoms with Crippen molar-refractivity contribution in [3.63, 3.8) is 0 Å². The van der Waals surface area contributed by atoms with Gasteiger partial charge in [-0.3, -0.25) is 4.98 Å². The second kappa shape index (κ2) is 7.34. The molecule has 1 aromatic heterocycles. The van der Waals surface area contributed by atoms with E-state index in [0.717, 1.165) is 65.8 Å². The molecule has 26 heavy (non-hydrogen) atoms. The number of aromatic nitrogens is 1. The van der Waals surface area contributed by atoms with Crippen LogP contribution in [0.4, 0.5) is 5.69 Å². The van der Waals surface area contributed by atoms with Crippen LogP contribution in [0.25, 0.3) is 10.9 Å². The molecule has 0 saturated heterocycles. The highest BCUT2D eigenvalue weighted by atomic mass is 16.5. The van der Waals surface area contributed by atoms with Crippen molar-refractivity contribution < 1.29 is 9.84 Å². The molecule has 0 spiro atoms. The van der Waals surface area contributed by atoms with E-state index in [9.17, 15) is 5.11 Å². The van der Waals surface area contributed by atoms with Crippen LogP contribution < -0.4 is 10.1 Å². The van der Waals surface area contributed by atoms with Crippen LogP contribution in [0.15, 0.2) is 48.5 Å². The second-order valence-corrected chi connectivity index (χ2v) is 6.80. The zero-order valence-corrected chi connectivity index (χ0v) is 15.0. The number of aryl methyl sites for hydroxylation is 1. The fourth-order valence-corrected chi connectivity index (χ4v) is 3.76. The molecule has 1 aliphatic carbocycles. The highest BCUT2D eigenvalue weighted by Crippen LogP contribution is 2.39. The Bertz CT molecular complexity index is 909. The van der Waals surface area contributed by atoms with Crippen LogP contribution in [0, 0.1) is 0 Å². The Morgan fingerprint density at radius 3 is 2.85 bits per heavy atom. The van der Waals surface area contributed by atoms with E-state index in [0.29, 0.717) is 0 Å². The number of ether oxygens (including phenoxy) is 1. The Balaban J connectivity index is 1.73. The first-order valence-electron chi connectivity index (χ1n) is 9.22. The Morgan fingerprint density at radius 2 is 2.04 bits per heavy atom. The van der Waals surface area contributed by atoms with Crippen LogP contribution in [0.1, 0.15) is 35.8 Å². The van der Waals surface area contributed by atoms with Gasteiger partial charge in [-0.1, -0.05) is 30.3 Å². The summed E-state index contributed by atoms with van der Waals surface area (Å²) in [6, 6.07) is 16.4. The number of anilines is 1. The molecule has 0 bridgehead atoms. The molecule has 1 heterocycles. The number of methoxy groups -OCH3 is 1. The number of hydrogen-bond donors (Lipinski definition) is 2. The van der Waals surface area contributed by atoms with Crippen molar-refractivity contribution >= 4 is 16.6 Å². The van der Waals surface area contributed by atoms with Gasteiger partial charge in [-0.2, -0.15) is 0 Å². The van der Waals surface area contributed by atoms with Crippen molar-refractivity contribution in [2.75, 3.05) is 19.0 Å². The molecule has 0 saturated carbocycles. The van der Waals surface area contributed by atoms with Crippen LogP contribution in [-0.4, -0.2) is 23.7 Å². The molecule has 4 nitrogen and oxygen atoms in total. The van der Waals surface area contributed by atoms with Gasteiger partial charge < -0.3 is 15.2 Å². The number of pyridine rings is 1. The maximum atomic E-state index is 10.6. The van der Waals surface area contributed by atoms with E-state index in [-0.39, 0.29) is 0 Å². The van der Waals surface area contributed by atoms with Gasteiger partial charge >= 0.3 is 0 Å². The predicted molar refractivity (Wildman–Crippen MR) is 105 cm³/mol. The first-order valence-corrected chi connectivity index (χ1v) is 9.22. The largest absolute Gasteiger partial charge is 0.497 e. The lowest BCUT2D eigenvalue weighted by molar-refractivity contribution is 0.156. The third-order valence-corrected chi connectivity index (χ3v) is 5.09. The molecule has 1 aliphatic rings. The summed E-state index contributed by atoms with van der Waals surface area (Å²) < 4.78 is 5.40. The van der Waals surface area contributed by atoms with Crippen molar-refractivity contribution in [3.05, 3.63) is 65.4 Å². The predicted octanol–water partition coefficient (Wildman–Crippen LogP) is 4.27. The summed E-state index contributed by atoms with van der Waals surface area (Å²) >= 11 is 0. The lowest BCUT2D eigenvalue weighted by Crippen LogP contribution is -2.16. The number of benzene rings is 2. The van der Waals surface area contributed by atoms with E-state index >= 15 is 0 Å². The molecule has 3 aromatic rings. The van der Waals surface area contributed by atoms with Crippen LogP contribution in [0.3, 0.4) is 0 Å². The van der Waals surface area contributed by atoms with Gasteiger partial charge in [0.25, 0.3) is 0 Å². The molecular weight excluding hydrogens is 324 g/mol. The summed E-state index contributed by atoms with van der Waals surface area (Å²) in [6.45, 7) is 0.805. The van der Waals surface area contributed by atoms with Crippen LogP contribution in [0.2, 0.25) is 0 Å². The van der Waals surface area contributed by atoms with Gasteiger partial charge in [0.05, 0.1) is 24.4 Å². The SMILES string of the molecule is COc1ccc2nc3c(c(NCCc4ccccc4)c2c1)C(O)CCC3. The third kappa shape index (κ3) is 3.25. The minimum atomic E-state index is -0.457. The molecule has 0 aliphatic heterocycles. The quantitative estimate of drug-likeness (QED) is 0.723. The van der Waals surface area contributed by atoms with Gasteiger partial charge in [0.2, 0.25) is 0 Å². The number of hydrogen-bond acceptors (Lipinski definition) is 4. The van der Waals surface area contributed by atoms with E-state index in [1.54, 1.807) is 7.11 Å². The van der Waals surface area contributed by atoms with E-state index < -0.39 is 6.10 Å². The fraction of sp³-hybridized carbons (Fsp3) is 0.318. The van der Waals surface area contributed by atoms with Gasteiger partial charge in [-0.25, -0.2) is 0 Å². The maximum absolute atomic E-state index is 10.6. The Kier molecular flexibility index (Phi) is 4.76. The maximum Gasteiger partial charge on any atom is 0.119 e. The van der Waals surface area contributed by atoms with Gasteiger partial charge in [-0.15, -0.1) is 0 Å². The van der Waals surface area contributed by atoms with Crippen molar-refractivity contribution in [1.82, 2.24) is 4.98 Å².